The summed E-state index contributed by atoms with van der Waals surface area (Å²) in [5.41, 5.74) is 2.15. The van der Waals surface area contributed by atoms with Crippen molar-refractivity contribution >= 4 is 34.4 Å². The van der Waals surface area contributed by atoms with Gasteiger partial charge >= 0.3 is 0 Å². The highest BCUT2D eigenvalue weighted by Crippen LogP contribution is 2.21. The first-order valence-corrected chi connectivity index (χ1v) is 10.0. The van der Waals surface area contributed by atoms with Crippen LogP contribution in [0.4, 0.5) is 0 Å². The Balaban J connectivity index is 1.84. The smallest absolute Gasteiger partial charge is 0.251 e. The van der Waals surface area contributed by atoms with Gasteiger partial charge in [-0.25, -0.2) is 4.98 Å². The van der Waals surface area contributed by atoms with Gasteiger partial charge in [-0.2, -0.15) is 0 Å². The summed E-state index contributed by atoms with van der Waals surface area (Å²) in [6.45, 7) is 6.71. The first-order valence-electron chi connectivity index (χ1n) is 9.63. The van der Waals surface area contributed by atoms with Crippen molar-refractivity contribution in [3.63, 3.8) is 0 Å². The fourth-order valence-corrected chi connectivity index (χ4v) is 3.18. The van der Waals surface area contributed by atoms with Crippen molar-refractivity contribution in [2.75, 3.05) is 6.54 Å². The molecule has 1 aromatic heterocycles. The summed E-state index contributed by atoms with van der Waals surface area (Å²) >= 11 is 5.89. The Kier molecular flexibility index (Phi) is 6.54. The number of carbonyl (C=O) groups excluding carboxylic acids is 2. The monoisotopic (exact) mass is 412 g/mol. The second-order valence-corrected chi connectivity index (χ2v) is 7.88. The third-order valence-corrected chi connectivity index (χ3v) is 4.79. The molecular formula is C22H25ClN4O2. The minimum atomic E-state index is -0.386. The molecule has 6 nitrogen and oxygen atoms in total. The normalized spacial score (nSPS) is 12.2. The molecule has 0 bridgehead atoms. The Morgan fingerprint density at radius 1 is 1.07 bits per heavy atom. The number of aromatic nitrogens is 2. The fourth-order valence-electron chi connectivity index (χ4n) is 3.05. The first kappa shape index (κ1) is 20.9. The highest BCUT2D eigenvalue weighted by Gasteiger charge is 2.20. The van der Waals surface area contributed by atoms with Crippen LogP contribution in [0.25, 0.3) is 11.0 Å². The van der Waals surface area contributed by atoms with Gasteiger partial charge in [-0.1, -0.05) is 37.6 Å². The second kappa shape index (κ2) is 9.09. The van der Waals surface area contributed by atoms with E-state index in [0.717, 1.165) is 11.0 Å². The molecule has 2 aromatic carbocycles. The molecule has 0 radical (unpaired) electrons. The Morgan fingerprint density at radius 3 is 2.45 bits per heavy atom. The van der Waals surface area contributed by atoms with Gasteiger partial charge in [-0.05, 0) is 49.2 Å². The van der Waals surface area contributed by atoms with Crippen molar-refractivity contribution < 1.29 is 9.59 Å². The molecule has 1 atom stereocenters. The van der Waals surface area contributed by atoms with Crippen LogP contribution in [0.1, 0.15) is 43.0 Å². The summed E-state index contributed by atoms with van der Waals surface area (Å²) in [7, 11) is 0. The maximum absolute atomic E-state index is 12.6. The quantitative estimate of drug-likeness (QED) is 0.616. The molecule has 0 fully saturated rings. The number of para-hydroxylation sites is 2. The van der Waals surface area contributed by atoms with Crippen LogP contribution in [-0.4, -0.2) is 27.9 Å². The molecule has 0 spiro atoms. The van der Waals surface area contributed by atoms with E-state index < -0.39 is 0 Å². The van der Waals surface area contributed by atoms with Gasteiger partial charge < -0.3 is 15.2 Å². The predicted molar refractivity (Wildman–Crippen MR) is 115 cm³/mol. The van der Waals surface area contributed by atoms with Crippen molar-refractivity contribution in [3.05, 3.63) is 64.9 Å². The lowest BCUT2D eigenvalue weighted by Gasteiger charge is -2.17. The lowest BCUT2D eigenvalue weighted by atomic mass is 10.2. The number of rotatable bonds is 7. The number of halogens is 1. The number of carbonyl (C=O) groups is 2. The van der Waals surface area contributed by atoms with Crippen LogP contribution < -0.4 is 10.6 Å². The molecule has 1 heterocycles. The summed E-state index contributed by atoms with van der Waals surface area (Å²) in [5, 5.41) is 6.47. The summed E-state index contributed by atoms with van der Waals surface area (Å²) in [6.07, 6.45) is 0. The lowest BCUT2D eigenvalue weighted by molar-refractivity contribution is -0.121. The van der Waals surface area contributed by atoms with E-state index in [1.165, 1.54) is 0 Å². The molecule has 0 aliphatic carbocycles. The van der Waals surface area contributed by atoms with Gasteiger partial charge in [-0.15, -0.1) is 0 Å². The number of nitrogens with one attached hydrogen (secondary N) is 2. The van der Waals surface area contributed by atoms with E-state index in [0.29, 0.717) is 28.9 Å². The predicted octanol–water partition coefficient (Wildman–Crippen LogP) is 3.95. The Bertz CT molecular complexity index is 1010. The molecule has 0 saturated carbocycles. The van der Waals surface area contributed by atoms with Crippen LogP contribution in [0, 0.1) is 5.92 Å². The minimum absolute atomic E-state index is 0.0840. The highest BCUT2D eigenvalue weighted by atomic mass is 35.5. The number of hydrogen-bond donors (Lipinski definition) is 2. The van der Waals surface area contributed by atoms with Crippen LogP contribution in [0.15, 0.2) is 48.5 Å². The number of benzene rings is 2. The Morgan fingerprint density at radius 2 is 1.76 bits per heavy atom. The van der Waals surface area contributed by atoms with Crippen molar-refractivity contribution in [2.45, 2.75) is 33.4 Å². The zero-order valence-corrected chi connectivity index (χ0v) is 17.5. The molecule has 0 aliphatic heterocycles. The summed E-state index contributed by atoms with van der Waals surface area (Å²) in [4.78, 5) is 29.7. The number of fused-ring (bicyclic) bond motifs is 1. The number of nitrogens with zero attached hydrogens (tertiary/aromatic N) is 2. The SMILES string of the molecule is CC(C)CNC(=O)Cn1c(C(C)NC(=O)c2ccc(Cl)cc2)nc2ccccc21. The summed E-state index contributed by atoms with van der Waals surface area (Å²) in [5.74, 6) is 0.695. The number of amides is 2. The van der Waals surface area contributed by atoms with E-state index in [4.69, 9.17) is 11.6 Å². The molecule has 29 heavy (non-hydrogen) atoms. The maximum Gasteiger partial charge on any atom is 0.251 e. The van der Waals surface area contributed by atoms with Crippen LogP contribution in [0.3, 0.4) is 0 Å². The Hall–Kier alpha value is -2.86. The topological polar surface area (TPSA) is 76.0 Å². The molecular weight excluding hydrogens is 388 g/mol. The van der Waals surface area contributed by atoms with Crippen molar-refractivity contribution in [1.29, 1.82) is 0 Å². The van der Waals surface area contributed by atoms with Crippen molar-refractivity contribution in [1.82, 2.24) is 20.2 Å². The van der Waals surface area contributed by atoms with Crippen LogP contribution >= 0.6 is 11.6 Å². The zero-order chi connectivity index (χ0) is 21.0. The van der Waals surface area contributed by atoms with E-state index in [1.807, 2.05) is 49.6 Å². The van der Waals surface area contributed by atoms with Crippen LogP contribution in [0.5, 0.6) is 0 Å². The molecule has 7 heteroatoms. The highest BCUT2D eigenvalue weighted by molar-refractivity contribution is 6.30. The maximum atomic E-state index is 12.6. The van der Waals surface area contributed by atoms with Gasteiger partial charge in [-0.3, -0.25) is 9.59 Å². The lowest BCUT2D eigenvalue weighted by Crippen LogP contribution is -2.33. The summed E-state index contributed by atoms with van der Waals surface area (Å²) < 4.78 is 1.86. The third kappa shape index (κ3) is 5.15. The number of imidazole rings is 1. The number of hydrogen-bond acceptors (Lipinski definition) is 3. The van der Waals surface area contributed by atoms with Gasteiger partial charge in [0.25, 0.3) is 5.91 Å². The standard InChI is InChI=1S/C22H25ClN4O2/c1-14(2)12-24-20(28)13-27-19-7-5-4-6-18(19)26-21(27)15(3)25-22(29)16-8-10-17(23)11-9-16/h4-11,14-15H,12-13H2,1-3H3,(H,24,28)(H,25,29). The fraction of sp³-hybridized carbons (Fsp3) is 0.318. The Labute approximate surface area is 175 Å². The van der Waals surface area contributed by atoms with E-state index in [9.17, 15) is 9.59 Å². The average molecular weight is 413 g/mol. The molecule has 0 saturated heterocycles. The molecule has 2 N–H and O–H groups in total. The summed E-state index contributed by atoms with van der Waals surface area (Å²) in [6, 6.07) is 13.9. The first-order chi connectivity index (χ1) is 13.8. The van der Waals surface area contributed by atoms with E-state index >= 15 is 0 Å². The van der Waals surface area contributed by atoms with Crippen LogP contribution in [-0.2, 0) is 11.3 Å². The van der Waals surface area contributed by atoms with Crippen LogP contribution in [0.2, 0.25) is 5.02 Å². The van der Waals surface area contributed by atoms with Gasteiger partial charge in [0.15, 0.2) is 0 Å². The van der Waals surface area contributed by atoms with E-state index in [-0.39, 0.29) is 24.4 Å². The molecule has 1 unspecified atom stereocenters. The molecule has 0 aliphatic rings. The van der Waals surface area contributed by atoms with Gasteiger partial charge in [0.05, 0.1) is 17.1 Å². The average Bonchev–Trinajstić information content (AvgIpc) is 3.05. The van der Waals surface area contributed by atoms with Gasteiger partial charge in [0, 0.05) is 17.1 Å². The zero-order valence-electron chi connectivity index (χ0n) is 16.8. The van der Waals surface area contributed by atoms with E-state index in [1.54, 1.807) is 24.3 Å². The van der Waals surface area contributed by atoms with E-state index in [2.05, 4.69) is 15.6 Å². The van der Waals surface area contributed by atoms with Gasteiger partial charge in [0.2, 0.25) is 5.91 Å². The molecule has 3 aromatic rings. The largest absolute Gasteiger partial charge is 0.354 e. The van der Waals surface area contributed by atoms with Crippen molar-refractivity contribution in [3.8, 4) is 0 Å². The second-order valence-electron chi connectivity index (χ2n) is 7.44. The van der Waals surface area contributed by atoms with Gasteiger partial charge in [0.1, 0.15) is 12.4 Å². The molecule has 3 rings (SSSR count). The van der Waals surface area contributed by atoms with Crippen molar-refractivity contribution in [2.24, 2.45) is 5.92 Å². The molecule has 152 valence electrons. The minimum Gasteiger partial charge on any atom is -0.354 e. The molecule has 2 amide bonds. The third-order valence-electron chi connectivity index (χ3n) is 4.53.